The summed E-state index contributed by atoms with van der Waals surface area (Å²) in [6, 6.07) is 18.4. The zero-order chi connectivity index (χ0) is 26.3. The molecule has 0 saturated heterocycles. The number of aryl methyl sites for hydroxylation is 2. The number of carbonyl (C=O) groups is 1. The van der Waals surface area contributed by atoms with Crippen LogP contribution in [0.4, 0.5) is 5.69 Å². The van der Waals surface area contributed by atoms with E-state index < -0.39 is 22.5 Å². The Morgan fingerprint density at radius 2 is 1.67 bits per heavy atom. The third-order valence-electron chi connectivity index (χ3n) is 5.17. The van der Waals surface area contributed by atoms with Crippen molar-refractivity contribution in [3.05, 3.63) is 87.4 Å². The fraction of sp³-hybridized carbons (Fsp3) is 0.231. The number of amides is 1. The Hall–Kier alpha value is -3.37. The van der Waals surface area contributed by atoms with Crippen molar-refractivity contribution in [1.82, 2.24) is 5.43 Å². The second kappa shape index (κ2) is 12.0. The quantitative estimate of drug-likeness (QED) is 0.283. The number of anilines is 1. The van der Waals surface area contributed by atoms with Crippen molar-refractivity contribution >= 4 is 43.8 Å². The first-order chi connectivity index (χ1) is 17.1. The molecule has 0 saturated carbocycles. The minimum Gasteiger partial charge on any atom is -0.493 e. The van der Waals surface area contributed by atoms with Crippen LogP contribution in [-0.2, 0) is 21.4 Å². The topological polar surface area (TPSA) is 97.3 Å². The summed E-state index contributed by atoms with van der Waals surface area (Å²) in [6.45, 7) is 3.89. The van der Waals surface area contributed by atoms with Gasteiger partial charge < -0.3 is 9.47 Å². The van der Waals surface area contributed by atoms with E-state index in [-0.39, 0.29) is 0 Å². The van der Waals surface area contributed by atoms with E-state index in [1.165, 1.54) is 18.9 Å². The van der Waals surface area contributed by atoms with Gasteiger partial charge in [-0.2, -0.15) is 5.10 Å². The smallest absolute Gasteiger partial charge is 0.260 e. The number of halogens is 1. The van der Waals surface area contributed by atoms with Crippen molar-refractivity contribution in [2.45, 2.75) is 20.5 Å². The number of nitrogens with one attached hydrogen (secondary N) is 1. The van der Waals surface area contributed by atoms with Crippen molar-refractivity contribution in [3.63, 3.8) is 0 Å². The van der Waals surface area contributed by atoms with Gasteiger partial charge in [0.25, 0.3) is 5.91 Å². The second-order valence-corrected chi connectivity index (χ2v) is 11.0. The minimum atomic E-state index is -3.67. The summed E-state index contributed by atoms with van der Waals surface area (Å²) in [5, 5.41) is 3.97. The van der Waals surface area contributed by atoms with E-state index in [9.17, 15) is 13.2 Å². The van der Waals surface area contributed by atoms with Crippen molar-refractivity contribution in [2.24, 2.45) is 5.10 Å². The number of hydrogen-bond acceptors (Lipinski definition) is 6. The predicted molar refractivity (Wildman–Crippen MR) is 145 cm³/mol. The summed E-state index contributed by atoms with van der Waals surface area (Å²) in [5.74, 6) is 0.453. The highest BCUT2D eigenvalue weighted by atomic mass is 79.9. The molecule has 0 spiro atoms. The molecular formula is C26H28BrN3O5S. The van der Waals surface area contributed by atoms with Crippen LogP contribution in [0.3, 0.4) is 0 Å². The summed E-state index contributed by atoms with van der Waals surface area (Å²) in [6.07, 6.45) is 2.49. The molecule has 1 N–H and O–H groups in total. The Balaban J connectivity index is 1.67. The summed E-state index contributed by atoms with van der Waals surface area (Å²) < 4.78 is 37.6. The fourth-order valence-electron chi connectivity index (χ4n) is 3.25. The molecule has 8 nitrogen and oxygen atoms in total. The minimum absolute atomic E-state index is 0.372. The lowest BCUT2D eigenvalue weighted by Crippen LogP contribution is -2.39. The normalized spacial score (nSPS) is 11.4. The number of hydrogen-bond donors (Lipinski definition) is 1. The molecule has 3 aromatic rings. The SMILES string of the molecule is COc1cc(/C=N\NC(=O)CN(c2ccc(C)cc2)S(C)(=O)=O)cc(Br)c1OCc1ccc(C)cc1. The maximum atomic E-state index is 12.4. The van der Waals surface area contributed by atoms with Crippen LogP contribution in [0.1, 0.15) is 22.3 Å². The van der Waals surface area contributed by atoms with Crippen LogP contribution in [0, 0.1) is 13.8 Å². The largest absolute Gasteiger partial charge is 0.493 e. The van der Waals surface area contributed by atoms with Gasteiger partial charge in [-0.15, -0.1) is 0 Å². The van der Waals surface area contributed by atoms with Crippen LogP contribution in [0.15, 0.2) is 70.2 Å². The molecule has 190 valence electrons. The Morgan fingerprint density at radius 1 is 1.06 bits per heavy atom. The molecule has 0 atom stereocenters. The monoisotopic (exact) mass is 573 g/mol. The number of benzene rings is 3. The van der Waals surface area contributed by atoms with Gasteiger partial charge in [-0.1, -0.05) is 47.5 Å². The maximum Gasteiger partial charge on any atom is 0.260 e. The third-order valence-corrected chi connectivity index (χ3v) is 6.90. The van der Waals surface area contributed by atoms with Gasteiger partial charge in [0.15, 0.2) is 11.5 Å². The number of rotatable bonds is 10. The summed E-state index contributed by atoms with van der Waals surface area (Å²) >= 11 is 3.50. The van der Waals surface area contributed by atoms with E-state index in [1.54, 1.807) is 36.4 Å². The molecule has 0 heterocycles. The lowest BCUT2D eigenvalue weighted by Gasteiger charge is -2.21. The van der Waals surface area contributed by atoms with Crippen LogP contribution < -0.4 is 19.2 Å². The average molecular weight is 574 g/mol. The lowest BCUT2D eigenvalue weighted by molar-refractivity contribution is -0.119. The molecule has 10 heteroatoms. The molecule has 0 aliphatic rings. The van der Waals surface area contributed by atoms with Crippen LogP contribution in [-0.4, -0.2) is 40.4 Å². The van der Waals surface area contributed by atoms with E-state index in [0.29, 0.717) is 33.8 Å². The highest BCUT2D eigenvalue weighted by Gasteiger charge is 2.20. The molecule has 36 heavy (non-hydrogen) atoms. The Morgan fingerprint density at radius 3 is 2.25 bits per heavy atom. The van der Waals surface area contributed by atoms with Gasteiger partial charge in [0, 0.05) is 0 Å². The number of carbonyl (C=O) groups excluding carboxylic acids is 1. The molecule has 0 bridgehead atoms. The third kappa shape index (κ3) is 7.56. The molecule has 0 aliphatic heterocycles. The van der Waals surface area contributed by atoms with Gasteiger partial charge in [0.2, 0.25) is 10.0 Å². The molecule has 0 radical (unpaired) electrons. The lowest BCUT2D eigenvalue weighted by atomic mass is 10.2. The first-order valence-electron chi connectivity index (χ1n) is 11.0. The van der Waals surface area contributed by atoms with E-state index >= 15 is 0 Å². The van der Waals surface area contributed by atoms with Gasteiger partial charge in [-0.05, 0) is 65.2 Å². The predicted octanol–water partition coefficient (Wildman–Crippen LogP) is 4.57. The molecule has 0 aromatic heterocycles. The van der Waals surface area contributed by atoms with Crippen molar-refractivity contribution in [1.29, 1.82) is 0 Å². The Bertz CT molecular complexity index is 1340. The van der Waals surface area contributed by atoms with Gasteiger partial charge in [0.1, 0.15) is 13.2 Å². The maximum absolute atomic E-state index is 12.4. The standard InChI is InChI=1S/C26H28BrN3O5S/c1-18-5-9-20(10-6-18)17-35-26-23(27)13-21(14-24(26)34-3)15-28-29-25(31)16-30(36(4,32)33)22-11-7-19(2)8-12-22/h5-15H,16-17H2,1-4H3,(H,29,31)/b28-15-. The molecule has 0 aliphatic carbocycles. The van der Waals surface area contributed by atoms with Gasteiger partial charge >= 0.3 is 0 Å². The highest BCUT2D eigenvalue weighted by Crippen LogP contribution is 2.36. The van der Waals surface area contributed by atoms with E-state index in [1.807, 2.05) is 38.1 Å². The summed E-state index contributed by atoms with van der Waals surface area (Å²) in [7, 11) is -2.13. The molecule has 0 fully saturated rings. The molecule has 3 aromatic carbocycles. The van der Waals surface area contributed by atoms with E-state index in [0.717, 1.165) is 21.7 Å². The first-order valence-corrected chi connectivity index (χ1v) is 13.6. The highest BCUT2D eigenvalue weighted by molar-refractivity contribution is 9.10. The van der Waals surface area contributed by atoms with Crippen LogP contribution in [0.5, 0.6) is 11.5 Å². The average Bonchev–Trinajstić information content (AvgIpc) is 2.82. The Kier molecular flexibility index (Phi) is 9.11. The van der Waals surface area contributed by atoms with Crippen molar-refractivity contribution < 1.29 is 22.7 Å². The number of nitrogens with zero attached hydrogens (tertiary/aromatic N) is 2. The zero-order valence-electron chi connectivity index (χ0n) is 20.5. The van der Waals surface area contributed by atoms with Gasteiger partial charge in [-0.25, -0.2) is 13.8 Å². The van der Waals surface area contributed by atoms with Crippen LogP contribution >= 0.6 is 15.9 Å². The molecule has 0 unspecified atom stereocenters. The van der Waals surface area contributed by atoms with E-state index in [2.05, 4.69) is 26.5 Å². The second-order valence-electron chi connectivity index (χ2n) is 8.21. The molecule has 3 rings (SSSR count). The van der Waals surface area contributed by atoms with Crippen molar-refractivity contribution in [2.75, 3.05) is 24.2 Å². The fourth-order valence-corrected chi connectivity index (χ4v) is 4.68. The summed E-state index contributed by atoms with van der Waals surface area (Å²) in [5.41, 5.74) is 6.59. The molecule has 1 amide bonds. The summed E-state index contributed by atoms with van der Waals surface area (Å²) in [4.78, 5) is 12.4. The number of ether oxygens (including phenoxy) is 2. The number of sulfonamides is 1. The van der Waals surface area contributed by atoms with Crippen LogP contribution in [0.25, 0.3) is 0 Å². The number of methoxy groups -OCH3 is 1. The Labute approximate surface area is 220 Å². The van der Waals surface area contributed by atoms with Crippen molar-refractivity contribution in [3.8, 4) is 11.5 Å². The van der Waals surface area contributed by atoms with Gasteiger partial charge in [-0.3, -0.25) is 9.10 Å². The van der Waals surface area contributed by atoms with Crippen LogP contribution in [0.2, 0.25) is 0 Å². The van der Waals surface area contributed by atoms with E-state index in [4.69, 9.17) is 9.47 Å². The zero-order valence-corrected chi connectivity index (χ0v) is 22.9. The molecular weight excluding hydrogens is 546 g/mol. The number of hydrazone groups is 1. The van der Waals surface area contributed by atoms with Gasteiger partial charge in [0.05, 0.1) is 29.7 Å². The first kappa shape index (κ1) is 27.2.